The van der Waals surface area contributed by atoms with Gasteiger partial charge in [0.05, 0.1) is 12.7 Å². The van der Waals surface area contributed by atoms with E-state index in [0.717, 1.165) is 0 Å². The van der Waals surface area contributed by atoms with Gasteiger partial charge in [-0.3, -0.25) is 0 Å². The van der Waals surface area contributed by atoms with Crippen LogP contribution in [0.1, 0.15) is 23.7 Å². The Balaban J connectivity index is 2.93. The summed E-state index contributed by atoms with van der Waals surface area (Å²) < 4.78 is 9.81. The Morgan fingerprint density at radius 1 is 1.44 bits per heavy atom. The molecule has 0 saturated carbocycles. The van der Waals surface area contributed by atoms with Crippen LogP contribution in [0.4, 0.5) is 5.69 Å². The lowest BCUT2D eigenvalue weighted by Gasteiger charge is -2.13. The first kappa shape index (κ1) is 13.8. The van der Waals surface area contributed by atoms with E-state index < -0.39 is 18.0 Å². The lowest BCUT2D eigenvalue weighted by atomic mass is 10.1. The molecule has 1 unspecified atom stereocenters. The van der Waals surface area contributed by atoms with E-state index in [1.165, 1.54) is 19.2 Å². The van der Waals surface area contributed by atoms with Gasteiger partial charge in [-0.2, -0.15) is 0 Å². The zero-order chi connectivity index (χ0) is 13.7. The molecule has 1 aromatic rings. The second-order valence-electron chi connectivity index (χ2n) is 3.59. The molecule has 6 heteroatoms. The van der Waals surface area contributed by atoms with Gasteiger partial charge in [0.1, 0.15) is 5.75 Å². The minimum absolute atomic E-state index is 0.0917. The van der Waals surface area contributed by atoms with Crippen LogP contribution < -0.4 is 10.5 Å². The Hall–Kier alpha value is -2.24. The maximum atomic E-state index is 11.8. The van der Waals surface area contributed by atoms with Crippen molar-refractivity contribution in [2.45, 2.75) is 19.4 Å². The first-order valence-electron chi connectivity index (χ1n) is 5.36. The van der Waals surface area contributed by atoms with E-state index in [-0.39, 0.29) is 17.7 Å². The van der Waals surface area contributed by atoms with Crippen LogP contribution in [0, 0.1) is 0 Å². The summed E-state index contributed by atoms with van der Waals surface area (Å²) in [7, 11) is 1.45. The summed E-state index contributed by atoms with van der Waals surface area (Å²) in [6.45, 7) is 1.61. The van der Waals surface area contributed by atoms with Crippen LogP contribution in [0.5, 0.6) is 5.75 Å². The maximum Gasteiger partial charge on any atom is 0.345 e. The van der Waals surface area contributed by atoms with Crippen molar-refractivity contribution in [3.8, 4) is 5.75 Å². The number of esters is 1. The third-order valence-corrected chi connectivity index (χ3v) is 2.38. The summed E-state index contributed by atoms with van der Waals surface area (Å²) in [4.78, 5) is 22.6. The van der Waals surface area contributed by atoms with Gasteiger partial charge in [0.2, 0.25) is 0 Å². The van der Waals surface area contributed by atoms with E-state index in [1.54, 1.807) is 13.0 Å². The highest BCUT2D eigenvalue weighted by Gasteiger charge is 2.22. The molecular formula is C12H15NO5. The molecule has 0 saturated heterocycles. The first-order chi connectivity index (χ1) is 8.49. The second-order valence-corrected chi connectivity index (χ2v) is 3.59. The number of carboxylic acids is 1. The number of hydrogen-bond donors (Lipinski definition) is 2. The average Bonchev–Trinajstić information content (AvgIpc) is 2.35. The number of carbonyl (C=O) groups is 2. The summed E-state index contributed by atoms with van der Waals surface area (Å²) in [5, 5.41) is 8.81. The fourth-order valence-electron chi connectivity index (χ4n) is 1.34. The number of benzene rings is 1. The summed E-state index contributed by atoms with van der Waals surface area (Å²) in [5.41, 5.74) is 5.94. The monoisotopic (exact) mass is 253 g/mol. The Bertz CT molecular complexity index is 458. The van der Waals surface area contributed by atoms with Gasteiger partial charge in [-0.1, -0.05) is 6.92 Å². The van der Waals surface area contributed by atoms with Crippen molar-refractivity contribution < 1.29 is 24.2 Å². The lowest BCUT2D eigenvalue weighted by molar-refractivity contribution is -0.147. The highest BCUT2D eigenvalue weighted by molar-refractivity contribution is 5.96. The Morgan fingerprint density at radius 2 is 2.11 bits per heavy atom. The minimum Gasteiger partial charge on any atom is -0.497 e. The van der Waals surface area contributed by atoms with Crippen molar-refractivity contribution in [3.63, 3.8) is 0 Å². The third-order valence-electron chi connectivity index (χ3n) is 2.38. The van der Waals surface area contributed by atoms with Crippen LogP contribution in [-0.2, 0) is 9.53 Å². The van der Waals surface area contributed by atoms with Crippen molar-refractivity contribution in [2.75, 3.05) is 12.8 Å². The number of carboxylic acid groups (broad SMARTS) is 1. The molecule has 1 rings (SSSR count). The Kier molecular flexibility index (Phi) is 4.53. The molecule has 0 bridgehead atoms. The molecule has 1 aromatic carbocycles. The molecule has 3 N–H and O–H groups in total. The summed E-state index contributed by atoms with van der Waals surface area (Å²) in [5.74, 6) is -1.52. The number of nitrogens with two attached hydrogens (primary N) is 1. The molecule has 1 atom stereocenters. The number of carbonyl (C=O) groups excluding carboxylic acids is 1. The smallest absolute Gasteiger partial charge is 0.345 e. The van der Waals surface area contributed by atoms with Gasteiger partial charge in [-0.25, -0.2) is 9.59 Å². The van der Waals surface area contributed by atoms with Crippen molar-refractivity contribution in [1.29, 1.82) is 0 Å². The number of methoxy groups -OCH3 is 1. The van der Waals surface area contributed by atoms with E-state index in [0.29, 0.717) is 5.75 Å². The van der Waals surface area contributed by atoms with E-state index in [2.05, 4.69) is 0 Å². The van der Waals surface area contributed by atoms with Crippen molar-refractivity contribution in [2.24, 2.45) is 0 Å². The largest absolute Gasteiger partial charge is 0.497 e. The van der Waals surface area contributed by atoms with Gasteiger partial charge in [0.25, 0.3) is 0 Å². The van der Waals surface area contributed by atoms with Crippen LogP contribution in [-0.4, -0.2) is 30.3 Å². The number of hydrogen-bond acceptors (Lipinski definition) is 5. The molecule has 98 valence electrons. The predicted molar refractivity (Wildman–Crippen MR) is 64.5 cm³/mol. The number of nitrogen functional groups attached to an aromatic ring is 1. The highest BCUT2D eigenvalue weighted by Crippen LogP contribution is 2.21. The molecule has 0 spiro atoms. The fourth-order valence-corrected chi connectivity index (χ4v) is 1.34. The standard InChI is InChI=1S/C12H15NO5/c1-3-10(11(14)15)18-12(16)8-6-7(17-2)4-5-9(8)13/h4-6,10H,3,13H2,1-2H3,(H,14,15). The van der Waals surface area contributed by atoms with Crippen molar-refractivity contribution in [1.82, 2.24) is 0 Å². The van der Waals surface area contributed by atoms with Gasteiger partial charge in [-0.15, -0.1) is 0 Å². The zero-order valence-electron chi connectivity index (χ0n) is 10.2. The molecule has 0 amide bonds. The van der Waals surface area contributed by atoms with E-state index in [4.69, 9.17) is 20.3 Å². The quantitative estimate of drug-likeness (QED) is 0.606. The van der Waals surface area contributed by atoms with Crippen LogP contribution >= 0.6 is 0 Å². The zero-order valence-corrected chi connectivity index (χ0v) is 10.2. The number of anilines is 1. The summed E-state index contributed by atoms with van der Waals surface area (Å²) in [6.07, 6.45) is -0.992. The highest BCUT2D eigenvalue weighted by atomic mass is 16.6. The summed E-state index contributed by atoms with van der Waals surface area (Å²) >= 11 is 0. The first-order valence-corrected chi connectivity index (χ1v) is 5.36. The van der Waals surface area contributed by atoms with Gasteiger partial charge in [0, 0.05) is 5.69 Å². The number of ether oxygens (including phenoxy) is 2. The van der Waals surface area contributed by atoms with Crippen LogP contribution in [0.25, 0.3) is 0 Å². The molecule has 0 radical (unpaired) electrons. The maximum absolute atomic E-state index is 11.8. The number of aliphatic carboxylic acids is 1. The molecule has 6 nitrogen and oxygen atoms in total. The van der Waals surface area contributed by atoms with E-state index >= 15 is 0 Å². The topological polar surface area (TPSA) is 98.9 Å². The van der Waals surface area contributed by atoms with Gasteiger partial charge < -0.3 is 20.3 Å². The molecule has 0 aliphatic carbocycles. The molecule has 0 heterocycles. The normalized spacial score (nSPS) is 11.7. The lowest BCUT2D eigenvalue weighted by Crippen LogP contribution is -2.26. The predicted octanol–water partition coefficient (Wildman–Crippen LogP) is 1.30. The van der Waals surface area contributed by atoms with Gasteiger partial charge in [-0.05, 0) is 24.6 Å². The average molecular weight is 253 g/mol. The SMILES string of the molecule is CCC(OC(=O)c1cc(OC)ccc1N)C(=O)O. The Labute approximate surface area is 104 Å². The molecule has 0 aliphatic rings. The molecule has 0 fully saturated rings. The molecule has 18 heavy (non-hydrogen) atoms. The fraction of sp³-hybridized carbons (Fsp3) is 0.333. The van der Waals surface area contributed by atoms with Gasteiger partial charge in [0.15, 0.2) is 6.10 Å². The number of rotatable bonds is 5. The molecule has 0 aromatic heterocycles. The van der Waals surface area contributed by atoms with E-state index in [9.17, 15) is 9.59 Å². The molecular weight excluding hydrogens is 238 g/mol. The van der Waals surface area contributed by atoms with Crippen molar-refractivity contribution in [3.05, 3.63) is 23.8 Å². The van der Waals surface area contributed by atoms with Crippen LogP contribution in [0.15, 0.2) is 18.2 Å². The Morgan fingerprint density at radius 3 is 2.61 bits per heavy atom. The molecule has 0 aliphatic heterocycles. The van der Waals surface area contributed by atoms with Crippen molar-refractivity contribution >= 4 is 17.6 Å². The summed E-state index contributed by atoms with van der Waals surface area (Å²) in [6, 6.07) is 4.50. The van der Waals surface area contributed by atoms with Crippen LogP contribution in [0.2, 0.25) is 0 Å². The van der Waals surface area contributed by atoms with Gasteiger partial charge >= 0.3 is 11.9 Å². The van der Waals surface area contributed by atoms with Crippen LogP contribution in [0.3, 0.4) is 0 Å². The third kappa shape index (κ3) is 3.13. The second kappa shape index (κ2) is 5.90. The minimum atomic E-state index is -1.19. The van der Waals surface area contributed by atoms with E-state index in [1.807, 2.05) is 0 Å².